The number of hydrogen-bond acceptors (Lipinski definition) is 5. The molecule has 3 amide bonds. The molecule has 1 aromatic heterocycles. The summed E-state index contributed by atoms with van der Waals surface area (Å²) in [7, 11) is 1.69. The monoisotopic (exact) mass is 388 g/mol. The fraction of sp³-hybridized carbons (Fsp3) is 0.316. The molecule has 0 saturated carbocycles. The predicted octanol–water partition coefficient (Wildman–Crippen LogP) is 2.36. The van der Waals surface area contributed by atoms with Crippen LogP contribution < -0.4 is 16.4 Å². The number of amides is 3. The number of likely N-dealkylation sites (N-methyl/N-ethyl adjacent to an activating group) is 1. The van der Waals surface area contributed by atoms with E-state index in [9.17, 15) is 14.4 Å². The summed E-state index contributed by atoms with van der Waals surface area (Å²) in [5.41, 5.74) is 8.34. The molecule has 4 N–H and O–H groups in total. The van der Waals surface area contributed by atoms with Gasteiger partial charge >= 0.3 is 0 Å². The number of carbonyl (C=O) groups is 3. The van der Waals surface area contributed by atoms with Gasteiger partial charge in [-0.3, -0.25) is 19.3 Å². The molecule has 27 heavy (non-hydrogen) atoms. The number of carbonyl (C=O) groups excluding carboxylic acids is 3. The number of nitrogens with one attached hydrogen (secondary N) is 2. The molecule has 0 spiro atoms. The topological polar surface area (TPSA) is 105 Å². The van der Waals surface area contributed by atoms with E-state index in [4.69, 9.17) is 5.73 Å². The largest absolute Gasteiger partial charge is 0.366 e. The van der Waals surface area contributed by atoms with E-state index in [1.807, 2.05) is 32.0 Å². The van der Waals surface area contributed by atoms with Crippen LogP contribution >= 0.6 is 11.3 Å². The van der Waals surface area contributed by atoms with Gasteiger partial charge in [-0.15, -0.1) is 11.3 Å². The lowest BCUT2D eigenvalue weighted by Crippen LogP contribution is -2.43. The zero-order chi connectivity index (χ0) is 20.1. The lowest BCUT2D eigenvalue weighted by molar-refractivity contribution is -0.122. The van der Waals surface area contributed by atoms with Gasteiger partial charge in [-0.05, 0) is 56.5 Å². The summed E-state index contributed by atoms with van der Waals surface area (Å²) in [5, 5.41) is 7.66. The van der Waals surface area contributed by atoms with E-state index in [1.54, 1.807) is 30.3 Å². The van der Waals surface area contributed by atoms with E-state index in [2.05, 4.69) is 10.6 Å². The standard InChI is InChI=1S/C19H24N4O3S/c1-11-5-6-12(2)15(9-11)21-16(24)10-23(4)13(3)18(26)22-19-14(17(20)25)7-8-27-19/h5-9,13H,10H2,1-4H3,(H2,20,25)(H,21,24)(H,22,26)/t13-/m0/s1. The molecule has 1 atom stereocenters. The maximum Gasteiger partial charge on any atom is 0.251 e. The van der Waals surface area contributed by atoms with Gasteiger partial charge in [0.25, 0.3) is 5.91 Å². The van der Waals surface area contributed by atoms with Crippen molar-refractivity contribution in [3.05, 3.63) is 46.3 Å². The summed E-state index contributed by atoms with van der Waals surface area (Å²) >= 11 is 1.22. The van der Waals surface area contributed by atoms with Crippen molar-refractivity contribution in [1.82, 2.24) is 4.90 Å². The number of nitrogens with zero attached hydrogens (tertiary/aromatic N) is 1. The molecule has 0 aliphatic rings. The van der Waals surface area contributed by atoms with Crippen molar-refractivity contribution in [2.75, 3.05) is 24.2 Å². The molecule has 0 bridgehead atoms. The Hall–Kier alpha value is -2.71. The first-order valence-electron chi connectivity index (χ1n) is 8.44. The molecule has 0 radical (unpaired) electrons. The number of nitrogens with two attached hydrogens (primary N) is 1. The van der Waals surface area contributed by atoms with Crippen LogP contribution in [0.2, 0.25) is 0 Å². The van der Waals surface area contributed by atoms with Crippen molar-refractivity contribution >= 4 is 39.7 Å². The second-order valence-electron chi connectivity index (χ2n) is 6.47. The van der Waals surface area contributed by atoms with Gasteiger partial charge in [0, 0.05) is 5.69 Å². The first-order chi connectivity index (χ1) is 12.7. The Labute approximate surface area is 162 Å². The molecule has 0 aliphatic heterocycles. The summed E-state index contributed by atoms with van der Waals surface area (Å²) in [6.45, 7) is 5.62. The maximum absolute atomic E-state index is 12.4. The smallest absolute Gasteiger partial charge is 0.251 e. The second-order valence-corrected chi connectivity index (χ2v) is 7.39. The SMILES string of the molecule is Cc1ccc(C)c(NC(=O)CN(C)[C@@H](C)C(=O)Nc2sccc2C(N)=O)c1. The Kier molecular flexibility index (Phi) is 6.70. The highest BCUT2D eigenvalue weighted by Gasteiger charge is 2.22. The molecule has 2 aromatic rings. The van der Waals surface area contributed by atoms with Gasteiger partial charge in [0.05, 0.1) is 18.2 Å². The Balaban J connectivity index is 1.95. The van der Waals surface area contributed by atoms with Crippen molar-refractivity contribution < 1.29 is 14.4 Å². The van der Waals surface area contributed by atoms with E-state index in [0.29, 0.717) is 5.00 Å². The van der Waals surface area contributed by atoms with Crippen molar-refractivity contribution in [2.24, 2.45) is 5.73 Å². The van der Waals surface area contributed by atoms with Gasteiger partial charge < -0.3 is 16.4 Å². The van der Waals surface area contributed by atoms with Crippen LogP contribution in [0.1, 0.15) is 28.4 Å². The number of primary amides is 1. The second kappa shape index (κ2) is 8.79. The molecule has 1 heterocycles. The van der Waals surface area contributed by atoms with E-state index in [-0.39, 0.29) is 23.9 Å². The van der Waals surface area contributed by atoms with Gasteiger partial charge in [0.2, 0.25) is 11.8 Å². The van der Waals surface area contributed by atoms with E-state index < -0.39 is 11.9 Å². The quantitative estimate of drug-likeness (QED) is 0.677. The molecule has 1 aromatic carbocycles. The predicted molar refractivity (Wildman–Crippen MR) is 108 cm³/mol. The molecule has 144 valence electrons. The van der Waals surface area contributed by atoms with Gasteiger partial charge in [-0.25, -0.2) is 0 Å². The Morgan fingerprint density at radius 2 is 1.89 bits per heavy atom. The van der Waals surface area contributed by atoms with E-state index in [0.717, 1.165) is 16.8 Å². The van der Waals surface area contributed by atoms with Gasteiger partial charge in [0.1, 0.15) is 5.00 Å². The maximum atomic E-state index is 12.4. The Morgan fingerprint density at radius 3 is 2.56 bits per heavy atom. The number of rotatable bonds is 7. The highest BCUT2D eigenvalue weighted by Crippen LogP contribution is 2.23. The van der Waals surface area contributed by atoms with Crippen LogP contribution in [0.5, 0.6) is 0 Å². The fourth-order valence-electron chi connectivity index (χ4n) is 2.44. The zero-order valence-electron chi connectivity index (χ0n) is 15.8. The minimum Gasteiger partial charge on any atom is -0.366 e. The summed E-state index contributed by atoms with van der Waals surface area (Å²) in [6, 6.07) is 6.83. The van der Waals surface area contributed by atoms with Crippen molar-refractivity contribution in [3.8, 4) is 0 Å². The normalized spacial score (nSPS) is 11.9. The highest BCUT2D eigenvalue weighted by molar-refractivity contribution is 7.14. The van der Waals surface area contributed by atoms with E-state index in [1.165, 1.54) is 11.3 Å². The highest BCUT2D eigenvalue weighted by atomic mass is 32.1. The summed E-state index contributed by atoms with van der Waals surface area (Å²) < 4.78 is 0. The molecule has 0 fully saturated rings. The van der Waals surface area contributed by atoms with Crippen LogP contribution in [-0.2, 0) is 9.59 Å². The first kappa shape index (κ1) is 20.6. The zero-order valence-corrected chi connectivity index (χ0v) is 16.6. The molecule has 0 saturated heterocycles. The average molecular weight is 388 g/mol. The number of benzene rings is 1. The third kappa shape index (κ3) is 5.38. The van der Waals surface area contributed by atoms with Crippen LogP contribution in [0.25, 0.3) is 0 Å². The van der Waals surface area contributed by atoms with Crippen LogP contribution in [0.15, 0.2) is 29.6 Å². The van der Waals surface area contributed by atoms with Crippen molar-refractivity contribution in [1.29, 1.82) is 0 Å². The van der Waals surface area contributed by atoms with Gasteiger partial charge in [-0.1, -0.05) is 12.1 Å². The lowest BCUT2D eigenvalue weighted by Gasteiger charge is -2.23. The van der Waals surface area contributed by atoms with Crippen LogP contribution in [0.4, 0.5) is 10.7 Å². The number of thiophene rings is 1. The molecular weight excluding hydrogens is 364 g/mol. The van der Waals surface area contributed by atoms with Crippen molar-refractivity contribution in [3.63, 3.8) is 0 Å². The summed E-state index contributed by atoms with van der Waals surface area (Å²) in [6.07, 6.45) is 0. The third-order valence-electron chi connectivity index (χ3n) is 4.27. The first-order valence-corrected chi connectivity index (χ1v) is 9.32. The fourth-order valence-corrected chi connectivity index (χ4v) is 3.24. The minimum absolute atomic E-state index is 0.0507. The third-order valence-corrected chi connectivity index (χ3v) is 5.10. The molecule has 7 nitrogen and oxygen atoms in total. The van der Waals surface area contributed by atoms with Crippen LogP contribution in [0, 0.1) is 13.8 Å². The lowest BCUT2D eigenvalue weighted by atomic mass is 10.1. The summed E-state index contributed by atoms with van der Waals surface area (Å²) in [5.74, 6) is -1.12. The number of aryl methyl sites for hydroxylation is 2. The average Bonchev–Trinajstić information content (AvgIpc) is 3.05. The van der Waals surface area contributed by atoms with Gasteiger partial charge in [-0.2, -0.15) is 0 Å². The Bertz CT molecular complexity index is 862. The molecular formula is C19H24N4O3S. The number of anilines is 2. The molecule has 0 unspecified atom stereocenters. The molecule has 8 heteroatoms. The summed E-state index contributed by atoms with van der Waals surface area (Å²) in [4.78, 5) is 37.8. The van der Waals surface area contributed by atoms with Gasteiger partial charge in [0.15, 0.2) is 0 Å². The van der Waals surface area contributed by atoms with E-state index >= 15 is 0 Å². The molecule has 0 aliphatic carbocycles. The van der Waals surface area contributed by atoms with Crippen LogP contribution in [-0.4, -0.2) is 42.3 Å². The Morgan fingerprint density at radius 1 is 1.19 bits per heavy atom. The molecule has 2 rings (SSSR count). The minimum atomic E-state index is -0.597. The van der Waals surface area contributed by atoms with Crippen LogP contribution in [0.3, 0.4) is 0 Å². The number of hydrogen-bond donors (Lipinski definition) is 3. The van der Waals surface area contributed by atoms with Crippen molar-refractivity contribution in [2.45, 2.75) is 26.8 Å².